The van der Waals surface area contributed by atoms with E-state index in [1.54, 1.807) is 0 Å². The topological polar surface area (TPSA) is 46.5 Å². The molecule has 0 aromatic heterocycles. The van der Waals surface area contributed by atoms with Gasteiger partial charge in [-0.15, -0.1) is 0 Å². The minimum absolute atomic E-state index is 0.0648. The first kappa shape index (κ1) is 8.77. The molecule has 0 amide bonds. The van der Waals surface area contributed by atoms with Crippen molar-refractivity contribution in [1.29, 1.82) is 0 Å². The summed E-state index contributed by atoms with van der Waals surface area (Å²) in [5.74, 6) is 0. The molecule has 0 rings (SSSR count). The molecule has 1 unspecified atom stereocenters. The molecule has 0 aliphatic heterocycles. The fourth-order valence-corrected chi connectivity index (χ4v) is 0.722. The molecule has 0 radical (unpaired) electrons. The Morgan fingerprint density at radius 2 is 2.25 bits per heavy atom. The first-order valence-corrected chi connectivity index (χ1v) is 3.79. The second kappa shape index (κ2) is 4.63. The van der Waals surface area contributed by atoms with Gasteiger partial charge in [-0.05, 0) is 0 Å². The molecule has 0 aromatic carbocycles. The zero-order valence-corrected chi connectivity index (χ0v) is 6.46. The minimum atomic E-state index is -2.18. The molecule has 1 N–H and O–H groups in total. The number of thiol groups is 2. The largest absolute Gasteiger partial charge is 0.301 e. The second-order valence-electron chi connectivity index (χ2n) is 0.982. The van der Waals surface area contributed by atoms with Gasteiger partial charge in [0.2, 0.25) is 0 Å². The lowest BCUT2D eigenvalue weighted by molar-refractivity contribution is 0.323. The Morgan fingerprint density at radius 3 is 2.38 bits per heavy atom. The Morgan fingerprint density at radius 1 is 1.75 bits per heavy atom. The van der Waals surface area contributed by atoms with Gasteiger partial charge >= 0.3 is 11.4 Å². The maximum atomic E-state index is 9.72. The lowest BCUT2D eigenvalue weighted by Gasteiger charge is -1.98. The molecule has 0 aliphatic carbocycles. The number of hydrogen-bond donors (Lipinski definition) is 3. The molecular weight excluding hydrogens is 168 g/mol. The third-order valence-electron chi connectivity index (χ3n) is 0.318. The summed E-state index contributed by atoms with van der Waals surface area (Å²) in [6, 6.07) is 0. The highest BCUT2D eigenvalue weighted by atomic mass is 32.2. The van der Waals surface area contributed by atoms with E-state index >= 15 is 0 Å². The fourth-order valence-electron chi connectivity index (χ4n) is 0.119. The van der Waals surface area contributed by atoms with Crippen LogP contribution in [-0.4, -0.2) is 20.0 Å². The SMILES string of the molecule is O=S(O)OCC(S)S. The molecule has 8 heavy (non-hydrogen) atoms. The number of hydrogen-bond acceptors (Lipinski definition) is 4. The van der Waals surface area contributed by atoms with E-state index in [-0.39, 0.29) is 11.2 Å². The molecular formula is C2H6O3S3. The average molecular weight is 174 g/mol. The molecule has 0 aromatic rings. The van der Waals surface area contributed by atoms with Gasteiger partial charge in [-0.25, -0.2) is 0 Å². The predicted molar refractivity (Wildman–Crippen MR) is 38.5 cm³/mol. The summed E-state index contributed by atoms with van der Waals surface area (Å²) in [4.78, 5) is 0. The molecule has 0 bridgehead atoms. The van der Waals surface area contributed by atoms with E-state index in [9.17, 15) is 4.21 Å². The van der Waals surface area contributed by atoms with E-state index in [1.165, 1.54) is 0 Å². The summed E-state index contributed by atoms with van der Waals surface area (Å²) in [5, 5.41) is 0. The monoisotopic (exact) mass is 174 g/mol. The van der Waals surface area contributed by atoms with Crippen molar-refractivity contribution in [3.05, 3.63) is 0 Å². The van der Waals surface area contributed by atoms with Crippen LogP contribution in [0.2, 0.25) is 0 Å². The first-order chi connectivity index (χ1) is 3.63. The number of rotatable bonds is 3. The van der Waals surface area contributed by atoms with E-state index in [2.05, 4.69) is 29.4 Å². The summed E-state index contributed by atoms with van der Waals surface area (Å²) in [6.07, 6.45) is 0. The fraction of sp³-hybridized carbons (Fsp3) is 1.00. The second-order valence-corrected chi connectivity index (χ2v) is 3.31. The van der Waals surface area contributed by atoms with Gasteiger partial charge in [0.05, 0.1) is 11.2 Å². The van der Waals surface area contributed by atoms with Gasteiger partial charge < -0.3 is 0 Å². The maximum Gasteiger partial charge on any atom is 0.301 e. The molecule has 3 nitrogen and oxygen atoms in total. The van der Waals surface area contributed by atoms with Crippen molar-refractivity contribution in [1.82, 2.24) is 0 Å². The highest BCUT2D eigenvalue weighted by molar-refractivity contribution is 7.99. The van der Waals surface area contributed by atoms with Gasteiger partial charge in [-0.1, -0.05) is 0 Å². The highest BCUT2D eigenvalue weighted by Crippen LogP contribution is 1.99. The third-order valence-corrected chi connectivity index (χ3v) is 0.954. The third kappa shape index (κ3) is 6.77. The first-order valence-electron chi connectivity index (χ1n) is 1.73. The smallest absolute Gasteiger partial charge is 0.284 e. The van der Waals surface area contributed by atoms with Gasteiger partial charge in [-0.2, -0.15) is 29.5 Å². The van der Waals surface area contributed by atoms with Crippen molar-refractivity contribution in [3.8, 4) is 0 Å². The van der Waals surface area contributed by atoms with E-state index in [0.717, 1.165) is 0 Å². The van der Waals surface area contributed by atoms with Crippen LogP contribution in [0.3, 0.4) is 0 Å². The van der Waals surface area contributed by atoms with Crippen molar-refractivity contribution in [2.45, 2.75) is 4.58 Å². The van der Waals surface area contributed by atoms with Crippen LogP contribution in [0.1, 0.15) is 0 Å². The minimum Gasteiger partial charge on any atom is -0.284 e. The van der Waals surface area contributed by atoms with Gasteiger partial charge in [0.1, 0.15) is 0 Å². The van der Waals surface area contributed by atoms with Crippen LogP contribution in [0.4, 0.5) is 0 Å². The molecule has 6 heteroatoms. The summed E-state index contributed by atoms with van der Waals surface area (Å²) in [5.41, 5.74) is 0. The van der Waals surface area contributed by atoms with E-state index < -0.39 is 11.4 Å². The van der Waals surface area contributed by atoms with Crippen LogP contribution in [0.5, 0.6) is 0 Å². The van der Waals surface area contributed by atoms with Crippen LogP contribution in [-0.2, 0) is 15.5 Å². The van der Waals surface area contributed by atoms with Crippen molar-refractivity contribution in [2.75, 3.05) is 6.61 Å². The van der Waals surface area contributed by atoms with Crippen molar-refractivity contribution in [3.63, 3.8) is 0 Å². The van der Waals surface area contributed by atoms with Crippen LogP contribution in [0.25, 0.3) is 0 Å². The van der Waals surface area contributed by atoms with Gasteiger partial charge in [0.25, 0.3) is 0 Å². The van der Waals surface area contributed by atoms with Crippen molar-refractivity contribution < 1.29 is 12.9 Å². The molecule has 0 saturated heterocycles. The Kier molecular flexibility index (Phi) is 5.08. The van der Waals surface area contributed by atoms with Gasteiger partial charge in [0.15, 0.2) is 0 Å². The summed E-state index contributed by atoms with van der Waals surface area (Å²) >= 11 is 5.35. The Labute approximate surface area is 61.1 Å². The van der Waals surface area contributed by atoms with Crippen molar-refractivity contribution >= 4 is 36.6 Å². The Balaban J connectivity index is 3.05. The molecule has 1 atom stereocenters. The quantitative estimate of drug-likeness (QED) is 0.328. The van der Waals surface area contributed by atoms with Crippen molar-refractivity contribution in [2.24, 2.45) is 0 Å². The van der Waals surface area contributed by atoms with Gasteiger partial charge in [0, 0.05) is 0 Å². The van der Waals surface area contributed by atoms with E-state index in [0.29, 0.717) is 0 Å². The lowest BCUT2D eigenvalue weighted by Crippen LogP contribution is -2.03. The summed E-state index contributed by atoms with van der Waals surface area (Å²) in [6.45, 7) is 0.0648. The Bertz CT molecular complexity index is 82.6. The molecule has 0 aliphatic rings. The summed E-state index contributed by atoms with van der Waals surface area (Å²) < 4.78 is 21.6. The zero-order chi connectivity index (χ0) is 6.57. The average Bonchev–Trinajstić information content (AvgIpc) is 1.61. The maximum absolute atomic E-state index is 9.72. The van der Waals surface area contributed by atoms with Gasteiger partial charge in [-0.3, -0.25) is 8.74 Å². The zero-order valence-electron chi connectivity index (χ0n) is 3.85. The van der Waals surface area contributed by atoms with Crippen LogP contribution in [0.15, 0.2) is 0 Å². The Hall–Kier alpha value is 0.770. The highest BCUT2D eigenvalue weighted by Gasteiger charge is 1.97. The molecule has 0 fully saturated rings. The predicted octanol–water partition coefficient (Wildman–Crippen LogP) is 0.325. The molecule has 0 saturated carbocycles. The molecule has 0 spiro atoms. The van der Waals surface area contributed by atoms with Crippen LogP contribution < -0.4 is 0 Å². The lowest BCUT2D eigenvalue weighted by atomic mass is 10.9. The van der Waals surface area contributed by atoms with Crippen LogP contribution in [0, 0.1) is 0 Å². The normalized spacial score (nSPS) is 14.5. The molecule has 50 valence electrons. The molecule has 0 heterocycles. The van der Waals surface area contributed by atoms with E-state index in [4.69, 9.17) is 4.55 Å². The van der Waals surface area contributed by atoms with E-state index in [1.807, 2.05) is 0 Å². The van der Waals surface area contributed by atoms with Crippen LogP contribution >= 0.6 is 25.3 Å². The standard InChI is InChI=1S/C2H6O3S3/c3-8(4)5-1-2(6)7/h2,6-7H,1H2,(H,3,4). The summed E-state index contributed by atoms with van der Waals surface area (Å²) in [7, 11) is 0.